The number of ether oxygens (including phenoxy) is 4. The van der Waals surface area contributed by atoms with E-state index in [4.69, 9.17) is 14.2 Å². The molecule has 2 aromatic heterocycles. The van der Waals surface area contributed by atoms with Crippen LogP contribution in [0.15, 0.2) is 201 Å². The lowest BCUT2D eigenvalue weighted by Gasteiger charge is -2.19. The number of benzene rings is 7. The van der Waals surface area contributed by atoms with Gasteiger partial charge in [0.05, 0.1) is 48.6 Å². The fraction of sp³-hybridized carbons (Fsp3) is 0.524. The van der Waals surface area contributed by atoms with E-state index in [1.54, 1.807) is 0 Å². The van der Waals surface area contributed by atoms with Crippen LogP contribution in [0.2, 0.25) is 0 Å². The maximum absolute atomic E-state index is 11.3. The molecule has 0 N–H and O–H groups in total. The third-order valence-corrected chi connectivity index (χ3v) is 22.2. The molecule has 6 atom stereocenters. The Morgan fingerprint density at radius 2 is 0.730 bits per heavy atom. The SMILES string of the molecule is CCC(C)(C)C(=O)OC.CCC(C)c1c2ccccc2cc2ccccc12.CCC(C)c1ccc(C)cc1.CCC(C)c1cccc2ccccc12.CCC(C)c1ccccc1.CCC(C)c1ccccn1.CCC(C)c1ccncc1.CCCCOC(=O)C(C)(C)CC.CCCOC(=O)C(C)(C)CC.CCOC(=O)C(C)(C)CC. The van der Waals surface area contributed by atoms with E-state index in [1.165, 1.54) is 111 Å². The predicted molar refractivity (Wildman–Crippen MR) is 496 cm³/mol. The van der Waals surface area contributed by atoms with E-state index < -0.39 is 0 Å². The van der Waals surface area contributed by atoms with E-state index in [-0.39, 0.29) is 45.5 Å². The number of carbonyl (C=O) groups excluding carboxylic acids is 4. The molecule has 0 aliphatic heterocycles. The van der Waals surface area contributed by atoms with E-state index in [1.807, 2.05) is 128 Å². The highest BCUT2D eigenvalue weighted by molar-refractivity contribution is 6.02. The molecule has 115 heavy (non-hydrogen) atoms. The number of aryl methyl sites for hydroxylation is 1. The highest BCUT2D eigenvalue weighted by Gasteiger charge is 2.29. The van der Waals surface area contributed by atoms with E-state index >= 15 is 0 Å². The third kappa shape index (κ3) is 40.8. The fourth-order valence-corrected chi connectivity index (χ4v) is 10.7. The van der Waals surface area contributed by atoms with Crippen molar-refractivity contribution in [3.8, 4) is 0 Å². The van der Waals surface area contributed by atoms with Gasteiger partial charge in [-0.05, 0) is 272 Å². The summed E-state index contributed by atoms with van der Waals surface area (Å²) in [7, 11) is 1.42. The van der Waals surface area contributed by atoms with Gasteiger partial charge >= 0.3 is 23.9 Å². The van der Waals surface area contributed by atoms with E-state index in [0.717, 1.165) is 51.4 Å². The summed E-state index contributed by atoms with van der Waals surface area (Å²) in [4.78, 5) is 52.7. The second-order valence-electron chi connectivity index (χ2n) is 32.8. The number of aromatic nitrogens is 2. The molecule has 10 heteroatoms. The normalized spacial score (nSPS) is 12.4. The summed E-state index contributed by atoms with van der Waals surface area (Å²) in [6, 6.07) is 64.6. The number of carbonyl (C=O) groups is 4. The van der Waals surface area contributed by atoms with Crippen LogP contribution in [0, 0.1) is 28.6 Å². The Kier molecular flexibility index (Phi) is 54.8. The van der Waals surface area contributed by atoms with Crippen LogP contribution in [0.25, 0.3) is 32.3 Å². The molecule has 0 saturated heterocycles. The minimum Gasteiger partial charge on any atom is -0.469 e. The molecular formula is C105H158N2O8. The second-order valence-corrected chi connectivity index (χ2v) is 32.8. The summed E-state index contributed by atoms with van der Waals surface area (Å²) in [6.45, 7) is 59.7. The van der Waals surface area contributed by atoms with Gasteiger partial charge in [0.25, 0.3) is 0 Å². The summed E-state index contributed by atoms with van der Waals surface area (Å²) in [6.07, 6.45) is 19.0. The van der Waals surface area contributed by atoms with E-state index in [9.17, 15) is 19.2 Å². The first-order valence-electron chi connectivity index (χ1n) is 43.5. The molecule has 0 spiro atoms. The van der Waals surface area contributed by atoms with Gasteiger partial charge in [-0.25, -0.2) is 0 Å². The van der Waals surface area contributed by atoms with Gasteiger partial charge in [0.15, 0.2) is 0 Å². The van der Waals surface area contributed by atoms with Crippen molar-refractivity contribution in [1.82, 2.24) is 9.97 Å². The zero-order valence-corrected chi connectivity index (χ0v) is 77.5. The van der Waals surface area contributed by atoms with Gasteiger partial charge in [0.2, 0.25) is 0 Å². The number of rotatable bonds is 26. The van der Waals surface area contributed by atoms with Gasteiger partial charge in [0, 0.05) is 24.3 Å². The van der Waals surface area contributed by atoms with Gasteiger partial charge in [0.1, 0.15) is 0 Å². The first-order valence-corrected chi connectivity index (χ1v) is 43.5. The molecule has 0 radical (unpaired) electrons. The number of unbranched alkanes of at least 4 members (excludes halogenated alkanes) is 1. The second kappa shape index (κ2) is 59.2. The highest BCUT2D eigenvalue weighted by atomic mass is 16.5. The first-order chi connectivity index (χ1) is 54.6. The van der Waals surface area contributed by atoms with Gasteiger partial charge in [-0.3, -0.25) is 29.1 Å². The predicted octanol–water partition coefficient (Wildman–Crippen LogP) is 30.5. The molecule has 0 amide bonds. The summed E-state index contributed by atoms with van der Waals surface area (Å²) < 4.78 is 19.5. The molecule has 7 aromatic carbocycles. The average molecular weight is 1580 g/mol. The van der Waals surface area contributed by atoms with Gasteiger partial charge < -0.3 is 18.9 Å². The molecule has 9 aromatic rings. The molecule has 0 saturated carbocycles. The third-order valence-electron chi connectivity index (χ3n) is 22.2. The van der Waals surface area contributed by atoms with Crippen molar-refractivity contribution in [2.24, 2.45) is 21.7 Å². The van der Waals surface area contributed by atoms with E-state index in [2.05, 4.69) is 281 Å². The minimum absolute atomic E-state index is 0.0709. The highest BCUT2D eigenvalue weighted by Crippen LogP contribution is 2.36. The van der Waals surface area contributed by atoms with Crippen LogP contribution in [-0.2, 0) is 38.1 Å². The van der Waals surface area contributed by atoms with Crippen LogP contribution in [0.3, 0.4) is 0 Å². The Hall–Kier alpha value is -8.50. The number of methoxy groups -OCH3 is 1. The zero-order chi connectivity index (χ0) is 87.2. The molecule has 0 fully saturated rings. The lowest BCUT2D eigenvalue weighted by atomic mass is 9.88. The topological polar surface area (TPSA) is 131 Å². The van der Waals surface area contributed by atoms with Gasteiger partial charge in [-0.1, -0.05) is 288 Å². The van der Waals surface area contributed by atoms with Gasteiger partial charge in [-0.2, -0.15) is 0 Å². The summed E-state index contributed by atoms with van der Waals surface area (Å²) in [5.74, 6) is 3.55. The molecule has 0 aliphatic carbocycles. The van der Waals surface area contributed by atoms with Crippen LogP contribution in [0.5, 0.6) is 0 Å². The van der Waals surface area contributed by atoms with Crippen LogP contribution in [0.4, 0.5) is 0 Å². The van der Waals surface area contributed by atoms with E-state index in [0.29, 0.717) is 55.3 Å². The monoisotopic (exact) mass is 1580 g/mol. The standard InChI is InChI=1S/C18H18.C14H16.C11H16.C10H20O2.C10H14.2C9H13N.C9H18O2.C8H16O2.C7H14O2/c1-3-13(2)18-16-10-6-4-8-14(16)12-15-9-5-7-11-17(15)18;1-3-11(2)13-10-6-8-12-7-4-5-9-14(12)13;1-4-10(3)11-7-5-9(2)6-8-11;1-5-7-8-12-9(11)10(3,4)6-2;1-3-9(2)10-7-5-4-6-8-10;1-3-8(2)9-4-6-10-7-5-9;1-3-8(2)9-6-4-5-7-10-9;1-5-7-11-8(10)9(3,4)6-2;1-5-8(3,4)7(9)10-6-2;1-5-7(2,3)6(8)9-4/h4-13H,3H2,1-2H3;4-11H,3H2,1-2H3;5-8,10H,4H2,1-3H3;5-8H2,1-4H3;4-9H,3H2,1-2H3;2*4-8H,3H2,1-2H3;5-7H2,1-4H3;5-6H2,1-4H3;5H2,1-4H3. The van der Waals surface area contributed by atoms with Crippen molar-refractivity contribution in [1.29, 1.82) is 0 Å². The number of esters is 4. The largest absolute Gasteiger partial charge is 0.469 e. The summed E-state index contributed by atoms with van der Waals surface area (Å²) in [5.41, 5.74) is 8.58. The smallest absolute Gasteiger partial charge is 0.311 e. The van der Waals surface area contributed by atoms with Crippen LogP contribution in [-0.4, -0.2) is 60.8 Å². The molecule has 9 rings (SSSR count). The maximum atomic E-state index is 11.3. The summed E-state index contributed by atoms with van der Waals surface area (Å²) in [5, 5.41) is 8.28. The van der Waals surface area contributed by atoms with Crippen molar-refractivity contribution < 1.29 is 38.1 Å². The Morgan fingerprint density at radius 3 is 1.13 bits per heavy atom. The lowest BCUT2D eigenvalue weighted by molar-refractivity contribution is -0.154. The lowest BCUT2D eigenvalue weighted by Crippen LogP contribution is -2.26. The number of nitrogens with zero attached hydrogens (tertiary/aromatic N) is 2. The van der Waals surface area contributed by atoms with Crippen LogP contribution >= 0.6 is 0 Å². The minimum atomic E-state index is -0.312. The number of hydrogen-bond donors (Lipinski definition) is 0. The number of pyridine rings is 2. The van der Waals surface area contributed by atoms with Gasteiger partial charge in [-0.15, -0.1) is 0 Å². The summed E-state index contributed by atoms with van der Waals surface area (Å²) >= 11 is 0. The first kappa shape index (κ1) is 106. The molecule has 2 heterocycles. The average Bonchev–Trinajstić information content (AvgIpc) is 0.770. The maximum Gasteiger partial charge on any atom is 0.311 e. The van der Waals surface area contributed by atoms with Crippen molar-refractivity contribution in [3.63, 3.8) is 0 Å². The van der Waals surface area contributed by atoms with Crippen molar-refractivity contribution >= 4 is 56.2 Å². The molecular weight excluding hydrogens is 1420 g/mol. The molecule has 10 nitrogen and oxygen atoms in total. The molecule has 6 unspecified atom stereocenters. The zero-order valence-electron chi connectivity index (χ0n) is 77.5. The Morgan fingerprint density at radius 1 is 0.348 bits per heavy atom. The van der Waals surface area contributed by atoms with Crippen molar-refractivity contribution in [3.05, 3.63) is 240 Å². The molecule has 0 bridgehead atoms. The number of fused-ring (bicyclic) bond motifs is 3. The molecule has 0 aliphatic rings. The fourth-order valence-electron chi connectivity index (χ4n) is 10.7. The Bertz CT molecular complexity index is 3850. The number of hydrogen-bond acceptors (Lipinski definition) is 10. The molecule has 636 valence electrons. The Labute approximate surface area is 701 Å². The Balaban J connectivity index is 0.00000127. The quantitative estimate of drug-likeness (QED) is 0.0223. The van der Waals surface area contributed by atoms with Crippen LogP contribution in [0.1, 0.15) is 345 Å². The van der Waals surface area contributed by atoms with Crippen molar-refractivity contribution in [2.45, 2.75) is 313 Å². The van der Waals surface area contributed by atoms with Crippen molar-refractivity contribution in [2.75, 3.05) is 26.9 Å². The van der Waals surface area contributed by atoms with Crippen LogP contribution < -0.4 is 0 Å².